The molecule has 0 fully saturated rings. The molecule has 2 N–H and O–H groups in total. The molecular formula is C9H9N3O5. The number of carbonyl (C=O) groups excluding carboxylic acids is 1. The van der Waals surface area contributed by atoms with Gasteiger partial charge in [0.05, 0.1) is 11.3 Å². The predicted octanol–water partition coefficient (Wildman–Crippen LogP) is 0.793. The van der Waals surface area contributed by atoms with E-state index in [4.69, 9.17) is 5.11 Å². The van der Waals surface area contributed by atoms with Crippen LogP contribution in [0.2, 0.25) is 0 Å². The number of aromatic nitrogens is 1. The Labute approximate surface area is 95.4 Å². The predicted molar refractivity (Wildman–Crippen MR) is 56.4 cm³/mol. The van der Waals surface area contributed by atoms with Gasteiger partial charge in [0.1, 0.15) is 12.0 Å². The summed E-state index contributed by atoms with van der Waals surface area (Å²) in [4.78, 5) is 34.8. The van der Waals surface area contributed by atoms with Gasteiger partial charge in [-0.1, -0.05) is 0 Å². The van der Waals surface area contributed by atoms with Crippen LogP contribution >= 0.6 is 0 Å². The molecule has 0 saturated heterocycles. The van der Waals surface area contributed by atoms with Crippen LogP contribution in [0.5, 0.6) is 0 Å². The highest BCUT2D eigenvalue weighted by Crippen LogP contribution is 2.11. The number of nitrogens with zero attached hydrogens (tertiary/aromatic N) is 2. The third kappa shape index (κ3) is 4.24. The van der Waals surface area contributed by atoms with Crippen LogP contribution in [0.15, 0.2) is 18.3 Å². The molecule has 0 aliphatic heterocycles. The molecule has 90 valence electrons. The Balaban J connectivity index is 2.54. The molecule has 0 spiro atoms. The maximum atomic E-state index is 11.2. The van der Waals surface area contributed by atoms with Gasteiger partial charge in [0.15, 0.2) is 0 Å². The molecule has 0 aromatic carbocycles. The van der Waals surface area contributed by atoms with Crippen LogP contribution in [0, 0.1) is 10.1 Å². The number of pyridine rings is 1. The number of anilines is 1. The average molecular weight is 239 g/mol. The number of carboxylic acid groups (broad SMARTS) is 1. The van der Waals surface area contributed by atoms with E-state index in [1.165, 1.54) is 12.1 Å². The zero-order valence-electron chi connectivity index (χ0n) is 8.62. The van der Waals surface area contributed by atoms with Gasteiger partial charge < -0.3 is 10.4 Å². The minimum Gasteiger partial charge on any atom is -0.481 e. The van der Waals surface area contributed by atoms with Crippen LogP contribution in [-0.2, 0) is 9.59 Å². The fourth-order valence-corrected chi connectivity index (χ4v) is 0.994. The molecule has 1 aromatic heterocycles. The van der Waals surface area contributed by atoms with Gasteiger partial charge >= 0.3 is 5.97 Å². The van der Waals surface area contributed by atoms with E-state index in [-0.39, 0.29) is 24.3 Å². The zero-order valence-corrected chi connectivity index (χ0v) is 8.62. The Bertz CT molecular complexity index is 442. The summed E-state index contributed by atoms with van der Waals surface area (Å²) >= 11 is 0. The van der Waals surface area contributed by atoms with Crippen molar-refractivity contribution in [3.8, 4) is 0 Å². The largest absolute Gasteiger partial charge is 0.481 e. The number of rotatable bonds is 5. The fourth-order valence-electron chi connectivity index (χ4n) is 0.994. The molecule has 17 heavy (non-hydrogen) atoms. The first kappa shape index (κ1) is 12.6. The molecule has 0 atom stereocenters. The lowest BCUT2D eigenvalue weighted by molar-refractivity contribution is -0.385. The molecule has 1 heterocycles. The van der Waals surface area contributed by atoms with Crippen molar-refractivity contribution in [3.05, 3.63) is 28.4 Å². The van der Waals surface area contributed by atoms with Gasteiger partial charge in [0, 0.05) is 12.5 Å². The van der Waals surface area contributed by atoms with Crippen LogP contribution in [0.25, 0.3) is 0 Å². The summed E-state index contributed by atoms with van der Waals surface area (Å²) in [5, 5.41) is 21.0. The first-order valence-corrected chi connectivity index (χ1v) is 4.61. The average Bonchev–Trinajstić information content (AvgIpc) is 2.27. The summed E-state index contributed by atoms with van der Waals surface area (Å²) < 4.78 is 0. The number of amides is 1. The van der Waals surface area contributed by atoms with Crippen LogP contribution in [0.1, 0.15) is 12.8 Å². The maximum absolute atomic E-state index is 11.2. The Kier molecular flexibility index (Phi) is 4.09. The molecule has 0 radical (unpaired) electrons. The number of carbonyl (C=O) groups is 2. The second-order valence-electron chi connectivity index (χ2n) is 3.10. The van der Waals surface area contributed by atoms with Crippen molar-refractivity contribution in [1.29, 1.82) is 0 Å². The lowest BCUT2D eigenvalue weighted by Crippen LogP contribution is -2.14. The first-order chi connectivity index (χ1) is 7.99. The maximum Gasteiger partial charge on any atom is 0.303 e. The van der Waals surface area contributed by atoms with E-state index in [9.17, 15) is 19.7 Å². The third-order valence-corrected chi connectivity index (χ3v) is 1.79. The standard InChI is InChI=1S/C9H9N3O5/c13-8(3-4-9(14)15)11-7-2-1-6(5-10-7)12(16)17/h1-2,5H,3-4H2,(H,14,15)(H,10,11,13). The molecular weight excluding hydrogens is 230 g/mol. The van der Waals surface area contributed by atoms with E-state index in [0.29, 0.717) is 0 Å². The van der Waals surface area contributed by atoms with Crippen LogP contribution in [-0.4, -0.2) is 26.9 Å². The van der Waals surface area contributed by atoms with E-state index in [0.717, 1.165) is 6.20 Å². The molecule has 1 aromatic rings. The van der Waals surface area contributed by atoms with Gasteiger partial charge in [-0.05, 0) is 6.07 Å². The van der Waals surface area contributed by atoms with Crippen molar-refractivity contribution in [2.75, 3.05) is 5.32 Å². The molecule has 0 aliphatic carbocycles. The first-order valence-electron chi connectivity index (χ1n) is 4.61. The third-order valence-electron chi connectivity index (χ3n) is 1.79. The van der Waals surface area contributed by atoms with E-state index in [1.54, 1.807) is 0 Å². The minimum atomic E-state index is -1.07. The Morgan fingerprint density at radius 1 is 1.41 bits per heavy atom. The molecule has 8 heteroatoms. The summed E-state index contributed by atoms with van der Waals surface area (Å²) in [5.41, 5.74) is -0.187. The van der Waals surface area contributed by atoms with Gasteiger partial charge in [-0.2, -0.15) is 0 Å². The molecule has 8 nitrogen and oxygen atoms in total. The fraction of sp³-hybridized carbons (Fsp3) is 0.222. The zero-order chi connectivity index (χ0) is 12.8. The summed E-state index contributed by atoms with van der Waals surface area (Å²) in [7, 11) is 0. The van der Waals surface area contributed by atoms with Crippen LogP contribution < -0.4 is 5.32 Å². The van der Waals surface area contributed by atoms with E-state index in [1.807, 2.05) is 0 Å². The number of nitro groups is 1. The lowest BCUT2D eigenvalue weighted by atomic mass is 10.3. The monoisotopic (exact) mass is 239 g/mol. The number of aliphatic carboxylic acids is 1. The lowest BCUT2D eigenvalue weighted by Gasteiger charge is -2.02. The van der Waals surface area contributed by atoms with Gasteiger partial charge in [-0.15, -0.1) is 0 Å². The van der Waals surface area contributed by atoms with E-state index >= 15 is 0 Å². The van der Waals surface area contributed by atoms with Crippen molar-refractivity contribution in [2.45, 2.75) is 12.8 Å². The Hall–Kier alpha value is -2.51. The molecule has 0 unspecified atom stereocenters. The highest BCUT2D eigenvalue weighted by Gasteiger charge is 2.08. The molecule has 1 rings (SSSR count). The molecule has 0 bridgehead atoms. The summed E-state index contributed by atoms with van der Waals surface area (Å²) in [6.45, 7) is 0. The number of hydrogen-bond donors (Lipinski definition) is 2. The quantitative estimate of drug-likeness (QED) is 0.578. The Morgan fingerprint density at radius 2 is 2.12 bits per heavy atom. The topological polar surface area (TPSA) is 122 Å². The molecule has 0 aliphatic rings. The van der Waals surface area contributed by atoms with Crippen LogP contribution in [0.4, 0.5) is 11.5 Å². The van der Waals surface area contributed by atoms with Crippen molar-refractivity contribution in [2.24, 2.45) is 0 Å². The number of carboxylic acids is 1. The van der Waals surface area contributed by atoms with Crippen molar-refractivity contribution in [3.63, 3.8) is 0 Å². The summed E-state index contributed by atoms with van der Waals surface area (Å²) in [6, 6.07) is 2.47. The van der Waals surface area contributed by atoms with Gasteiger partial charge in [-0.25, -0.2) is 4.98 Å². The van der Waals surface area contributed by atoms with Crippen molar-refractivity contribution in [1.82, 2.24) is 4.98 Å². The summed E-state index contributed by atoms with van der Waals surface area (Å²) in [6.07, 6.45) is 0.555. The smallest absolute Gasteiger partial charge is 0.303 e. The number of hydrogen-bond acceptors (Lipinski definition) is 5. The van der Waals surface area contributed by atoms with Crippen LogP contribution in [0.3, 0.4) is 0 Å². The molecule has 1 amide bonds. The highest BCUT2D eigenvalue weighted by atomic mass is 16.6. The SMILES string of the molecule is O=C(O)CCC(=O)Nc1ccc([N+](=O)[O-])cn1. The highest BCUT2D eigenvalue weighted by molar-refractivity contribution is 5.91. The van der Waals surface area contributed by atoms with Crippen molar-refractivity contribution < 1.29 is 19.6 Å². The van der Waals surface area contributed by atoms with Gasteiger partial charge in [0.25, 0.3) is 5.69 Å². The Morgan fingerprint density at radius 3 is 2.59 bits per heavy atom. The second kappa shape index (κ2) is 5.54. The van der Waals surface area contributed by atoms with E-state index < -0.39 is 16.8 Å². The normalized spacial score (nSPS) is 9.65. The van der Waals surface area contributed by atoms with Crippen molar-refractivity contribution >= 4 is 23.4 Å². The second-order valence-corrected chi connectivity index (χ2v) is 3.10. The van der Waals surface area contributed by atoms with Gasteiger partial charge in [0.2, 0.25) is 5.91 Å². The van der Waals surface area contributed by atoms with Gasteiger partial charge in [-0.3, -0.25) is 19.7 Å². The van der Waals surface area contributed by atoms with E-state index in [2.05, 4.69) is 10.3 Å². The summed E-state index contributed by atoms with van der Waals surface area (Å²) in [5.74, 6) is -1.43. The minimum absolute atomic E-state index is 0.144. The number of nitrogens with one attached hydrogen (secondary N) is 1. The molecule has 0 saturated carbocycles.